The lowest BCUT2D eigenvalue weighted by Gasteiger charge is -2.35. The van der Waals surface area contributed by atoms with Crippen LogP contribution in [0.3, 0.4) is 0 Å². The number of nitrogens with zero attached hydrogens (tertiary/aromatic N) is 4. The van der Waals surface area contributed by atoms with Gasteiger partial charge in [-0.2, -0.15) is 5.26 Å². The van der Waals surface area contributed by atoms with Gasteiger partial charge in [-0.05, 0) is 60.9 Å². The van der Waals surface area contributed by atoms with Crippen LogP contribution in [-0.4, -0.2) is 39.9 Å². The van der Waals surface area contributed by atoms with Crippen LogP contribution in [0.5, 0.6) is 0 Å². The topological polar surface area (TPSA) is 108 Å². The van der Waals surface area contributed by atoms with E-state index in [1.807, 2.05) is 22.2 Å². The van der Waals surface area contributed by atoms with Crippen molar-refractivity contribution in [3.05, 3.63) is 105 Å². The van der Waals surface area contributed by atoms with Crippen LogP contribution in [0, 0.1) is 23.0 Å². The van der Waals surface area contributed by atoms with Gasteiger partial charge in [-0.3, -0.25) is 14.8 Å². The van der Waals surface area contributed by atoms with Crippen molar-refractivity contribution in [2.75, 3.05) is 23.7 Å². The summed E-state index contributed by atoms with van der Waals surface area (Å²) in [6.45, 7) is 2.94. The summed E-state index contributed by atoms with van der Waals surface area (Å²) < 4.78 is 27.8. The van der Waals surface area contributed by atoms with Gasteiger partial charge in [0, 0.05) is 55.2 Å². The molecular formula is C32H28Cl2F2N8O. The monoisotopic (exact) mass is 648 g/mol. The lowest BCUT2D eigenvalue weighted by molar-refractivity contribution is -0.130. The van der Waals surface area contributed by atoms with E-state index in [9.17, 15) is 18.8 Å². The Hall–Kier alpha value is -4.63. The van der Waals surface area contributed by atoms with Crippen LogP contribution in [0.25, 0.3) is 10.9 Å². The van der Waals surface area contributed by atoms with E-state index in [1.165, 1.54) is 36.5 Å². The van der Waals surface area contributed by atoms with Gasteiger partial charge < -0.3 is 21.0 Å². The number of aromatic nitrogens is 1. The molecule has 0 saturated carbocycles. The van der Waals surface area contributed by atoms with Gasteiger partial charge in [0.1, 0.15) is 17.7 Å². The van der Waals surface area contributed by atoms with E-state index in [4.69, 9.17) is 23.2 Å². The molecule has 45 heavy (non-hydrogen) atoms. The molecule has 1 atom stereocenters. The summed E-state index contributed by atoms with van der Waals surface area (Å²) in [5.74, 6) is -0.847. The molecular weight excluding hydrogens is 621 g/mol. The summed E-state index contributed by atoms with van der Waals surface area (Å²) >= 11 is 12.7. The molecule has 1 amide bonds. The van der Waals surface area contributed by atoms with Gasteiger partial charge in [-0.25, -0.2) is 8.78 Å². The second-order valence-corrected chi connectivity index (χ2v) is 11.7. The lowest BCUT2D eigenvalue weighted by Crippen LogP contribution is -2.49. The highest BCUT2D eigenvalue weighted by molar-refractivity contribution is 6.36. The predicted octanol–water partition coefficient (Wildman–Crippen LogP) is 6.77. The second kappa shape index (κ2) is 12.8. The number of anilines is 3. The van der Waals surface area contributed by atoms with Crippen LogP contribution in [0.1, 0.15) is 36.9 Å². The average molecular weight is 650 g/mol. The minimum Gasteiger partial charge on any atom is -0.373 e. The molecule has 6 rings (SSSR count). The number of carbonyl (C=O) groups is 1. The molecule has 9 nitrogen and oxygen atoms in total. The summed E-state index contributed by atoms with van der Waals surface area (Å²) in [5, 5.41) is 19.4. The quantitative estimate of drug-likeness (QED) is 0.174. The van der Waals surface area contributed by atoms with E-state index in [1.54, 1.807) is 25.1 Å². The number of hydrogen-bond donors (Lipinski definition) is 4. The van der Waals surface area contributed by atoms with Gasteiger partial charge in [-0.15, -0.1) is 5.53 Å². The van der Waals surface area contributed by atoms with Crippen molar-refractivity contribution < 1.29 is 13.6 Å². The number of nitriles is 1. The first kappa shape index (κ1) is 30.4. The molecule has 230 valence electrons. The highest BCUT2D eigenvalue weighted by Crippen LogP contribution is 2.37. The lowest BCUT2D eigenvalue weighted by atomic mass is 10.0. The van der Waals surface area contributed by atoms with E-state index >= 15 is 0 Å². The normalized spacial score (nSPS) is 15.8. The van der Waals surface area contributed by atoms with Crippen molar-refractivity contribution in [1.82, 2.24) is 25.9 Å². The third-order valence-electron chi connectivity index (χ3n) is 7.97. The fraction of sp³-hybridized carbons (Fsp3) is 0.219. The molecule has 0 bridgehead atoms. The first-order chi connectivity index (χ1) is 21.7. The summed E-state index contributed by atoms with van der Waals surface area (Å²) in [6, 6.07) is 15.8. The Morgan fingerprint density at radius 3 is 2.49 bits per heavy atom. The summed E-state index contributed by atoms with van der Waals surface area (Å²) in [6.07, 6.45) is 5.00. The van der Waals surface area contributed by atoms with E-state index in [0.717, 1.165) is 24.1 Å². The molecule has 3 aromatic carbocycles. The highest BCUT2D eigenvalue weighted by atomic mass is 35.5. The van der Waals surface area contributed by atoms with E-state index in [-0.39, 0.29) is 28.4 Å². The summed E-state index contributed by atoms with van der Waals surface area (Å²) in [4.78, 5) is 18.0. The number of carbonyl (C=O) groups excluding carboxylic acids is 1. The minimum absolute atomic E-state index is 0.0659. The van der Waals surface area contributed by atoms with Crippen molar-refractivity contribution in [2.24, 2.45) is 0 Å². The molecule has 3 heterocycles. The van der Waals surface area contributed by atoms with Gasteiger partial charge in [0.15, 0.2) is 0 Å². The zero-order valence-electron chi connectivity index (χ0n) is 24.0. The van der Waals surface area contributed by atoms with Gasteiger partial charge in [0.2, 0.25) is 5.91 Å². The second-order valence-electron chi connectivity index (χ2n) is 10.9. The summed E-state index contributed by atoms with van der Waals surface area (Å²) in [5.41, 5.74) is 10.2. The Morgan fingerprint density at radius 2 is 1.80 bits per heavy atom. The van der Waals surface area contributed by atoms with Gasteiger partial charge in [0.05, 0.1) is 38.6 Å². The van der Waals surface area contributed by atoms with Gasteiger partial charge in [0.25, 0.3) is 0 Å². The van der Waals surface area contributed by atoms with Crippen molar-refractivity contribution in [1.29, 1.82) is 5.26 Å². The number of fused-ring (bicyclic) bond motifs is 1. The maximum atomic E-state index is 13.9. The zero-order chi connectivity index (χ0) is 31.7. The molecule has 13 heteroatoms. The molecule has 1 unspecified atom stereocenters. The number of rotatable bonds is 7. The van der Waals surface area contributed by atoms with Gasteiger partial charge in [-0.1, -0.05) is 35.3 Å². The molecule has 0 spiro atoms. The fourth-order valence-electron chi connectivity index (χ4n) is 5.59. The van der Waals surface area contributed by atoms with Crippen LogP contribution in [0.4, 0.5) is 25.8 Å². The maximum Gasteiger partial charge on any atom is 0.219 e. The third kappa shape index (κ3) is 6.44. The van der Waals surface area contributed by atoms with Crippen LogP contribution in [-0.2, 0) is 4.79 Å². The number of piperidine rings is 1. The van der Waals surface area contributed by atoms with E-state index in [2.05, 4.69) is 32.6 Å². The number of benzene rings is 3. The summed E-state index contributed by atoms with van der Waals surface area (Å²) in [7, 11) is 0. The van der Waals surface area contributed by atoms with Crippen molar-refractivity contribution in [3.8, 4) is 6.07 Å². The number of pyridine rings is 1. The maximum absolute atomic E-state index is 13.9. The molecule has 4 N–H and O–H groups in total. The van der Waals surface area contributed by atoms with Crippen LogP contribution < -0.4 is 21.6 Å². The molecule has 0 radical (unpaired) electrons. The van der Waals surface area contributed by atoms with Crippen molar-refractivity contribution in [3.63, 3.8) is 0 Å². The fourth-order valence-corrected chi connectivity index (χ4v) is 6.04. The van der Waals surface area contributed by atoms with Gasteiger partial charge >= 0.3 is 0 Å². The molecule has 4 aromatic rings. The van der Waals surface area contributed by atoms with Crippen LogP contribution in [0.15, 0.2) is 72.7 Å². The number of amides is 1. The molecule has 0 aliphatic carbocycles. The SMILES string of the molecule is CC(=O)N1CCC(N2C=C(C(Nc3cc(Cl)c4ncc(C#N)c(Nc5ccc(F)c(Cl)c5)c4c3)c3ccc(F)cc3)NN2)CC1. The standard InChI is InChI=1S/C32H28Cl2F2N8O/c1-18(45)43-10-8-24(9-11-43)44-17-29(41-42-44)31(19-2-4-21(35)5-3-19)40-23-12-25-30(39-22-6-7-28(36)26(33)13-22)20(15-37)16-38-32(25)27(34)14-23/h2-7,12-14,16-17,24,31,40-42H,8-11H2,1H3,(H,38,39). The Morgan fingerprint density at radius 1 is 1.07 bits per heavy atom. The molecule has 2 aliphatic rings. The highest BCUT2D eigenvalue weighted by Gasteiger charge is 2.30. The Balaban J connectivity index is 1.35. The van der Waals surface area contributed by atoms with E-state index in [0.29, 0.717) is 46.1 Å². The Bertz CT molecular complexity index is 1840. The largest absolute Gasteiger partial charge is 0.373 e. The smallest absolute Gasteiger partial charge is 0.219 e. The minimum atomic E-state index is -0.562. The number of nitrogens with one attached hydrogen (secondary N) is 4. The molecule has 1 saturated heterocycles. The first-order valence-electron chi connectivity index (χ1n) is 14.2. The van der Waals surface area contributed by atoms with Crippen LogP contribution in [0.2, 0.25) is 10.0 Å². The van der Waals surface area contributed by atoms with Crippen LogP contribution >= 0.6 is 23.2 Å². The Kier molecular flexibility index (Phi) is 8.63. The predicted molar refractivity (Wildman–Crippen MR) is 170 cm³/mol. The third-order valence-corrected chi connectivity index (χ3v) is 8.55. The number of hydrogen-bond acceptors (Lipinski definition) is 8. The van der Waals surface area contributed by atoms with Crippen molar-refractivity contribution in [2.45, 2.75) is 31.8 Å². The van der Waals surface area contributed by atoms with E-state index < -0.39 is 11.9 Å². The molecule has 1 fully saturated rings. The zero-order valence-corrected chi connectivity index (χ0v) is 25.6. The molecule has 2 aliphatic heterocycles. The Labute approximate surface area is 268 Å². The van der Waals surface area contributed by atoms with Crippen molar-refractivity contribution >= 4 is 57.1 Å². The number of hydrazine groups is 2. The first-order valence-corrected chi connectivity index (χ1v) is 15.0. The number of likely N-dealkylation sites (tertiary alicyclic amines) is 1. The number of halogens is 4. The molecule has 1 aromatic heterocycles. The average Bonchev–Trinajstić information content (AvgIpc) is 3.53.